The van der Waals surface area contributed by atoms with Crippen molar-refractivity contribution >= 4 is 5.78 Å². The van der Waals surface area contributed by atoms with Crippen molar-refractivity contribution in [1.29, 1.82) is 0 Å². The number of benzene rings is 1. The Kier molecular flexibility index (Phi) is 4.50. The first kappa shape index (κ1) is 11.9. The summed E-state index contributed by atoms with van der Waals surface area (Å²) in [7, 11) is 0. The third-order valence-corrected chi connectivity index (χ3v) is 2.48. The second kappa shape index (κ2) is 5.66. The molecule has 0 aliphatic heterocycles. The van der Waals surface area contributed by atoms with Crippen molar-refractivity contribution in [2.45, 2.75) is 39.4 Å². The smallest absolute Gasteiger partial charge is 0.161 e. The molecule has 0 amide bonds. The van der Waals surface area contributed by atoms with Gasteiger partial charge in [0.2, 0.25) is 0 Å². The Morgan fingerprint density at radius 2 is 1.87 bits per heavy atom. The van der Waals surface area contributed by atoms with Gasteiger partial charge in [-0.3, -0.25) is 4.79 Å². The standard InChI is InChI=1S/C13H18O2/c1-4-13(14)11(3)15-10(2)12-8-6-5-7-9-12/h5-11H,4H2,1-3H3. The van der Waals surface area contributed by atoms with Crippen LogP contribution in [-0.2, 0) is 9.53 Å². The van der Waals surface area contributed by atoms with Crippen LogP contribution < -0.4 is 0 Å². The number of Topliss-reactive ketones (excluding diaryl/α,β-unsaturated/α-hetero) is 1. The highest BCUT2D eigenvalue weighted by Gasteiger charge is 2.15. The molecule has 1 aromatic carbocycles. The van der Waals surface area contributed by atoms with Gasteiger partial charge in [0, 0.05) is 6.42 Å². The predicted octanol–water partition coefficient (Wildman–Crippen LogP) is 3.13. The van der Waals surface area contributed by atoms with Crippen molar-refractivity contribution in [2.75, 3.05) is 0 Å². The first-order chi connectivity index (χ1) is 7.15. The third kappa shape index (κ3) is 3.48. The van der Waals surface area contributed by atoms with Crippen LogP contribution >= 0.6 is 0 Å². The van der Waals surface area contributed by atoms with E-state index in [0.29, 0.717) is 6.42 Å². The van der Waals surface area contributed by atoms with Crippen LogP contribution in [0.1, 0.15) is 38.9 Å². The molecule has 15 heavy (non-hydrogen) atoms. The molecule has 2 atom stereocenters. The van der Waals surface area contributed by atoms with Gasteiger partial charge in [-0.25, -0.2) is 0 Å². The van der Waals surface area contributed by atoms with Gasteiger partial charge in [0.15, 0.2) is 5.78 Å². The molecule has 2 unspecified atom stereocenters. The Hall–Kier alpha value is -1.15. The number of carbonyl (C=O) groups excluding carboxylic acids is 1. The second-order valence-corrected chi connectivity index (χ2v) is 3.65. The van der Waals surface area contributed by atoms with E-state index in [9.17, 15) is 4.79 Å². The lowest BCUT2D eigenvalue weighted by Crippen LogP contribution is -2.21. The zero-order valence-electron chi connectivity index (χ0n) is 9.57. The van der Waals surface area contributed by atoms with Gasteiger partial charge >= 0.3 is 0 Å². The molecule has 0 spiro atoms. The molecule has 0 saturated carbocycles. The van der Waals surface area contributed by atoms with E-state index in [4.69, 9.17) is 4.74 Å². The molecule has 0 aromatic heterocycles. The van der Waals surface area contributed by atoms with Crippen molar-refractivity contribution in [3.05, 3.63) is 35.9 Å². The molecule has 0 fully saturated rings. The van der Waals surface area contributed by atoms with Gasteiger partial charge in [-0.05, 0) is 19.4 Å². The maximum absolute atomic E-state index is 11.4. The van der Waals surface area contributed by atoms with Crippen LogP contribution in [-0.4, -0.2) is 11.9 Å². The summed E-state index contributed by atoms with van der Waals surface area (Å²) < 4.78 is 5.64. The molecule has 1 rings (SSSR count). The first-order valence-electron chi connectivity index (χ1n) is 5.38. The summed E-state index contributed by atoms with van der Waals surface area (Å²) in [5, 5.41) is 0. The predicted molar refractivity (Wildman–Crippen MR) is 60.7 cm³/mol. The minimum Gasteiger partial charge on any atom is -0.363 e. The fourth-order valence-electron chi connectivity index (χ4n) is 1.47. The highest BCUT2D eigenvalue weighted by atomic mass is 16.5. The molecule has 0 saturated heterocycles. The van der Waals surface area contributed by atoms with Crippen LogP contribution in [0, 0.1) is 0 Å². The number of ketones is 1. The Labute approximate surface area is 91.3 Å². The number of hydrogen-bond acceptors (Lipinski definition) is 2. The minimum absolute atomic E-state index is 0.0308. The van der Waals surface area contributed by atoms with Gasteiger partial charge in [-0.1, -0.05) is 37.3 Å². The fraction of sp³-hybridized carbons (Fsp3) is 0.462. The van der Waals surface area contributed by atoms with E-state index in [1.54, 1.807) is 0 Å². The van der Waals surface area contributed by atoms with Crippen LogP contribution in [0.3, 0.4) is 0 Å². The normalized spacial score (nSPS) is 14.6. The van der Waals surface area contributed by atoms with E-state index < -0.39 is 0 Å². The molecular weight excluding hydrogens is 188 g/mol. The molecule has 0 heterocycles. The molecule has 2 heteroatoms. The molecular formula is C13H18O2. The van der Waals surface area contributed by atoms with Crippen molar-refractivity contribution in [2.24, 2.45) is 0 Å². The largest absolute Gasteiger partial charge is 0.363 e. The molecule has 0 N–H and O–H groups in total. The van der Waals surface area contributed by atoms with E-state index in [-0.39, 0.29) is 18.0 Å². The molecule has 0 bridgehead atoms. The minimum atomic E-state index is -0.315. The van der Waals surface area contributed by atoms with Gasteiger partial charge in [-0.2, -0.15) is 0 Å². The first-order valence-corrected chi connectivity index (χ1v) is 5.38. The van der Waals surface area contributed by atoms with Crippen molar-refractivity contribution < 1.29 is 9.53 Å². The Morgan fingerprint density at radius 3 is 2.40 bits per heavy atom. The van der Waals surface area contributed by atoms with Gasteiger partial charge in [0.1, 0.15) is 6.10 Å². The van der Waals surface area contributed by atoms with Crippen LogP contribution in [0.25, 0.3) is 0 Å². The Morgan fingerprint density at radius 1 is 1.27 bits per heavy atom. The summed E-state index contributed by atoms with van der Waals surface area (Å²) in [6, 6.07) is 9.93. The van der Waals surface area contributed by atoms with Crippen molar-refractivity contribution in [3.63, 3.8) is 0 Å². The van der Waals surface area contributed by atoms with Gasteiger partial charge in [0.25, 0.3) is 0 Å². The summed E-state index contributed by atoms with van der Waals surface area (Å²) in [4.78, 5) is 11.4. The molecule has 0 aliphatic rings. The molecule has 0 radical (unpaired) electrons. The summed E-state index contributed by atoms with van der Waals surface area (Å²) in [6.45, 7) is 5.63. The zero-order valence-corrected chi connectivity index (χ0v) is 9.57. The lowest BCUT2D eigenvalue weighted by molar-refractivity contribution is -0.132. The number of hydrogen-bond donors (Lipinski definition) is 0. The topological polar surface area (TPSA) is 26.3 Å². The fourth-order valence-corrected chi connectivity index (χ4v) is 1.47. The Balaban J connectivity index is 2.56. The van der Waals surface area contributed by atoms with Gasteiger partial charge < -0.3 is 4.74 Å². The van der Waals surface area contributed by atoms with Crippen molar-refractivity contribution in [1.82, 2.24) is 0 Å². The molecule has 1 aromatic rings. The van der Waals surface area contributed by atoms with Crippen molar-refractivity contribution in [3.8, 4) is 0 Å². The number of rotatable bonds is 5. The molecule has 2 nitrogen and oxygen atoms in total. The molecule has 82 valence electrons. The summed E-state index contributed by atoms with van der Waals surface area (Å²) in [6.07, 6.45) is 0.185. The van der Waals surface area contributed by atoms with Crippen LogP contribution in [0.4, 0.5) is 0 Å². The lowest BCUT2D eigenvalue weighted by atomic mass is 10.1. The van der Waals surface area contributed by atoms with E-state index in [1.807, 2.05) is 51.1 Å². The van der Waals surface area contributed by atoms with Gasteiger partial charge in [-0.15, -0.1) is 0 Å². The number of carbonyl (C=O) groups is 1. The lowest BCUT2D eigenvalue weighted by Gasteiger charge is -2.18. The average Bonchev–Trinajstić information content (AvgIpc) is 2.29. The SMILES string of the molecule is CCC(=O)C(C)OC(C)c1ccccc1. The third-order valence-electron chi connectivity index (χ3n) is 2.48. The summed E-state index contributed by atoms with van der Waals surface area (Å²) >= 11 is 0. The monoisotopic (exact) mass is 206 g/mol. The quantitative estimate of drug-likeness (QED) is 0.739. The van der Waals surface area contributed by atoms with E-state index in [1.165, 1.54) is 0 Å². The second-order valence-electron chi connectivity index (χ2n) is 3.65. The summed E-state index contributed by atoms with van der Waals surface area (Å²) in [5.41, 5.74) is 1.10. The van der Waals surface area contributed by atoms with Crippen LogP contribution in [0.5, 0.6) is 0 Å². The average molecular weight is 206 g/mol. The highest BCUT2D eigenvalue weighted by Crippen LogP contribution is 2.18. The Bertz CT molecular complexity index is 306. The maximum atomic E-state index is 11.4. The van der Waals surface area contributed by atoms with Crippen LogP contribution in [0.15, 0.2) is 30.3 Å². The van der Waals surface area contributed by atoms with E-state index in [2.05, 4.69) is 0 Å². The van der Waals surface area contributed by atoms with E-state index >= 15 is 0 Å². The maximum Gasteiger partial charge on any atom is 0.161 e. The molecule has 0 aliphatic carbocycles. The van der Waals surface area contributed by atoms with E-state index in [0.717, 1.165) is 5.56 Å². The van der Waals surface area contributed by atoms with Gasteiger partial charge in [0.05, 0.1) is 6.10 Å². The number of ether oxygens (including phenoxy) is 1. The highest BCUT2D eigenvalue weighted by molar-refractivity contribution is 5.82. The summed E-state index contributed by atoms with van der Waals surface area (Å²) in [5.74, 6) is 0.151. The zero-order chi connectivity index (χ0) is 11.3. The van der Waals surface area contributed by atoms with Crippen LogP contribution in [0.2, 0.25) is 0 Å².